The highest BCUT2D eigenvalue weighted by atomic mass is 35.5. The summed E-state index contributed by atoms with van der Waals surface area (Å²) < 4.78 is 41.7. The second kappa shape index (κ2) is 18.8. The number of piperidine rings is 1. The van der Waals surface area contributed by atoms with Crippen LogP contribution in [0.15, 0.2) is 95.7 Å². The van der Waals surface area contributed by atoms with Crippen LogP contribution in [0.25, 0.3) is 16.6 Å². The maximum absolute atomic E-state index is 14.0. The molecule has 0 bridgehead atoms. The molecule has 5 aromatic rings. The highest BCUT2D eigenvalue weighted by molar-refractivity contribution is 7.90. The first-order chi connectivity index (χ1) is 31.3. The van der Waals surface area contributed by atoms with Gasteiger partial charge in [-0.25, -0.2) is 18.1 Å². The number of nitrogens with one attached hydrogen (secondary N) is 2. The molecule has 1 aliphatic carbocycles. The number of aromatic nitrogens is 2. The smallest absolute Gasteiger partial charge is 0.293 e. The van der Waals surface area contributed by atoms with Crippen LogP contribution < -0.4 is 19.3 Å². The van der Waals surface area contributed by atoms with Crippen molar-refractivity contribution < 1.29 is 27.6 Å². The Morgan fingerprint density at radius 3 is 2.45 bits per heavy atom. The normalized spacial score (nSPS) is 19.1. The summed E-state index contributed by atoms with van der Waals surface area (Å²) in [4.78, 5) is 42.0. The summed E-state index contributed by atoms with van der Waals surface area (Å²) in [5.74, 6) is -0.445. The zero-order valence-electron chi connectivity index (χ0n) is 36.8. The molecule has 9 rings (SSSR count). The molecule has 0 spiro atoms. The average molecular weight is 924 g/mol. The Labute approximate surface area is 384 Å². The van der Waals surface area contributed by atoms with Gasteiger partial charge in [-0.1, -0.05) is 43.2 Å². The molecule has 1 amide bonds. The number of allylic oxidation sites excluding steroid dienone is 1. The van der Waals surface area contributed by atoms with Gasteiger partial charge in [-0.15, -0.1) is 0 Å². The Morgan fingerprint density at radius 1 is 0.954 bits per heavy atom. The summed E-state index contributed by atoms with van der Waals surface area (Å²) in [6.07, 6.45) is 8.15. The van der Waals surface area contributed by atoms with Crippen molar-refractivity contribution in [1.29, 1.82) is 0 Å². The lowest BCUT2D eigenvalue weighted by atomic mass is 9.72. The van der Waals surface area contributed by atoms with E-state index in [9.17, 15) is 23.3 Å². The van der Waals surface area contributed by atoms with Crippen LogP contribution in [0.1, 0.15) is 61.9 Å². The van der Waals surface area contributed by atoms with Crippen molar-refractivity contribution >= 4 is 61.2 Å². The molecule has 3 aliphatic heterocycles. The van der Waals surface area contributed by atoms with Crippen molar-refractivity contribution in [3.8, 4) is 11.5 Å². The van der Waals surface area contributed by atoms with E-state index in [1.807, 2.05) is 23.1 Å². The number of aromatic amines is 1. The third kappa shape index (κ3) is 10.2. The topological polar surface area (TPSA) is 166 Å². The van der Waals surface area contributed by atoms with Gasteiger partial charge in [0.25, 0.3) is 21.6 Å². The van der Waals surface area contributed by atoms with Gasteiger partial charge >= 0.3 is 0 Å². The standard InChI is InChI=1S/C48H55ClN8O7S/c1-48(2)15-11-35(42(30-48)33-3-5-36(49)6-4-33)32-53-19-21-54(22-20-53)38-7-9-41(45(28-38)64-39-27-34-12-16-50-46(34)51-31-39)47(58)52-65(61,62)40-8-10-43(44(29-40)57(59)60)56-17-13-37(14-18-56)55-23-25-63-26-24-55/h3-10,12,16,27-29,31,37H,11,13-15,17-26,30,32H2,1-2H3,(H,50,51)(H,52,58). The highest BCUT2D eigenvalue weighted by Crippen LogP contribution is 2.44. The number of nitro groups is 1. The van der Waals surface area contributed by atoms with Crippen LogP contribution in [0.3, 0.4) is 0 Å². The number of halogens is 1. The van der Waals surface area contributed by atoms with Gasteiger partial charge < -0.3 is 24.3 Å². The maximum atomic E-state index is 14.0. The number of rotatable bonds is 12. The number of anilines is 2. The number of fused-ring (bicyclic) bond motifs is 1. The first-order valence-electron chi connectivity index (χ1n) is 22.4. The Balaban J connectivity index is 0.920. The number of morpholine rings is 1. The van der Waals surface area contributed by atoms with Gasteiger partial charge in [-0.05, 0) is 97.2 Å². The number of nitrogens with zero attached hydrogens (tertiary/aromatic N) is 6. The molecule has 0 atom stereocenters. The molecule has 5 heterocycles. The van der Waals surface area contributed by atoms with E-state index in [2.05, 4.69) is 55.4 Å². The molecule has 65 heavy (non-hydrogen) atoms. The predicted molar refractivity (Wildman–Crippen MR) is 253 cm³/mol. The Hall–Kier alpha value is -5.52. The van der Waals surface area contributed by atoms with Crippen LogP contribution in [0.4, 0.5) is 17.1 Å². The van der Waals surface area contributed by atoms with Crippen LogP contribution in [0.5, 0.6) is 11.5 Å². The lowest BCUT2D eigenvalue weighted by molar-refractivity contribution is -0.384. The molecule has 15 nitrogen and oxygen atoms in total. The number of carbonyl (C=O) groups is 1. The van der Waals surface area contributed by atoms with Crippen molar-refractivity contribution in [3.05, 3.63) is 117 Å². The summed E-state index contributed by atoms with van der Waals surface area (Å²) in [6.45, 7) is 13.0. The van der Waals surface area contributed by atoms with Crippen molar-refractivity contribution in [2.24, 2.45) is 5.41 Å². The molecule has 0 saturated carbocycles. The number of amides is 1. The summed E-state index contributed by atoms with van der Waals surface area (Å²) in [7, 11) is -4.56. The van der Waals surface area contributed by atoms with Crippen LogP contribution in [-0.2, 0) is 14.8 Å². The number of piperazine rings is 1. The largest absolute Gasteiger partial charge is 0.455 e. The number of sulfonamides is 1. The van der Waals surface area contributed by atoms with Crippen molar-refractivity contribution in [2.45, 2.75) is 56.9 Å². The first-order valence-corrected chi connectivity index (χ1v) is 24.3. The van der Waals surface area contributed by atoms with E-state index >= 15 is 0 Å². The monoisotopic (exact) mass is 922 g/mol. The number of benzene rings is 3. The summed E-state index contributed by atoms with van der Waals surface area (Å²) >= 11 is 6.25. The van der Waals surface area contributed by atoms with E-state index in [-0.39, 0.29) is 22.4 Å². The molecule has 0 unspecified atom stereocenters. The van der Waals surface area contributed by atoms with E-state index in [4.69, 9.17) is 21.1 Å². The fraction of sp³-hybridized carbons (Fsp3) is 0.417. The Bertz CT molecular complexity index is 2700. The molecule has 0 radical (unpaired) electrons. The molecular weight excluding hydrogens is 868 g/mol. The fourth-order valence-corrected chi connectivity index (χ4v) is 10.8. The second-order valence-corrected chi connectivity index (χ2v) is 20.4. The second-order valence-electron chi connectivity index (χ2n) is 18.3. The third-order valence-corrected chi connectivity index (χ3v) is 15.0. The Kier molecular flexibility index (Phi) is 12.9. The van der Waals surface area contributed by atoms with Crippen molar-refractivity contribution in [2.75, 3.05) is 81.9 Å². The molecule has 3 fully saturated rings. The summed E-state index contributed by atoms with van der Waals surface area (Å²) in [5.41, 5.74) is 5.80. The number of hydrogen-bond donors (Lipinski definition) is 2. The maximum Gasteiger partial charge on any atom is 0.293 e. The average Bonchev–Trinajstić information content (AvgIpc) is 3.78. The van der Waals surface area contributed by atoms with E-state index in [1.165, 1.54) is 35.0 Å². The Morgan fingerprint density at radius 2 is 1.71 bits per heavy atom. The molecule has 17 heteroatoms. The number of ether oxygens (including phenoxy) is 2. The lowest BCUT2D eigenvalue weighted by Crippen LogP contribution is -2.49. The van der Waals surface area contributed by atoms with E-state index < -0.39 is 25.7 Å². The third-order valence-electron chi connectivity index (χ3n) is 13.4. The van der Waals surface area contributed by atoms with Gasteiger partial charge in [0.2, 0.25) is 0 Å². The number of hydrogen-bond acceptors (Lipinski definition) is 12. The molecule has 2 aromatic heterocycles. The van der Waals surface area contributed by atoms with Crippen LogP contribution >= 0.6 is 11.6 Å². The highest BCUT2D eigenvalue weighted by Gasteiger charge is 2.33. The van der Waals surface area contributed by atoms with Crippen LogP contribution in [0.2, 0.25) is 5.02 Å². The first kappa shape index (κ1) is 44.7. The number of nitro benzene ring substituents is 1. The molecule has 3 saturated heterocycles. The van der Waals surface area contributed by atoms with Gasteiger partial charge in [0.05, 0.1) is 34.8 Å². The minimum atomic E-state index is -4.56. The lowest BCUT2D eigenvalue weighted by Gasteiger charge is -2.40. The van der Waals surface area contributed by atoms with Crippen molar-refractivity contribution in [3.63, 3.8) is 0 Å². The minimum absolute atomic E-state index is 0.0266. The van der Waals surface area contributed by atoms with Crippen LogP contribution in [-0.4, -0.2) is 117 Å². The predicted octanol–water partition coefficient (Wildman–Crippen LogP) is 8.12. The summed E-state index contributed by atoms with van der Waals surface area (Å²) in [6, 6.07) is 21.1. The molecular formula is C48H55ClN8O7S. The molecule has 342 valence electrons. The van der Waals surface area contributed by atoms with Gasteiger partial charge in [0.1, 0.15) is 22.8 Å². The van der Waals surface area contributed by atoms with E-state index in [1.54, 1.807) is 30.5 Å². The number of carbonyl (C=O) groups excluding carboxylic acids is 1. The summed E-state index contributed by atoms with van der Waals surface area (Å²) in [5, 5.41) is 13.9. The van der Waals surface area contributed by atoms with Gasteiger partial charge in [-0.2, -0.15) is 0 Å². The minimum Gasteiger partial charge on any atom is -0.455 e. The zero-order valence-corrected chi connectivity index (χ0v) is 38.4. The molecule has 2 N–H and O–H groups in total. The van der Waals surface area contributed by atoms with Gasteiger partial charge in [-0.3, -0.25) is 24.7 Å². The molecule has 4 aliphatic rings. The number of pyridine rings is 1. The van der Waals surface area contributed by atoms with Gasteiger partial charge in [0.15, 0.2) is 0 Å². The van der Waals surface area contributed by atoms with Crippen molar-refractivity contribution in [1.82, 2.24) is 24.5 Å². The quantitative estimate of drug-likeness (QED) is 0.0913. The van der Waals surface area contributed by atoms with Gasteiger partial charge in [0, 0.05) is 99.4 Å². The van der Waals surface area contributed by atoms with Crippen LogP contribution in [0, 0.1) is 15.5 Å². The van der Waals surface area contributed by atoms with E-state index in [0.29, 0.717) is 49.4 Å². The number of H-pyrrole nitrogens is 1. The van der Waals surface area contributed by atoms with E-state index in [0.717, 1.165) is 100 Å². The fourth-order valence-electron chi connectivity index (χ4n) is 9.71. The SMILES string of the molecule is CC1(C)CCC(CN2CCN(c3ccc(C(=O)NS(=O)(=O)c4ccc(N5CCC(N6CCOCC6)CC5)c([N+](=O)[O-])c4)c(Oc4cnc5[nH]ccc5c4)c3)CC2)=C(c2ccc(Cl)cc2)C1. The molecule has 3 aromatic carbocycles. The zero-order chi connectivity index (χ0) is 45.3.